The van der Waals surface area contributed by atoms with Crippen LogP contribution in [-0.2, 0) is 16.0 Å². The molecule has 1 saturated heterocycles. The molecule has 0 bridgehead atoms. The average Bonchev–Trinajstić information content (AvgIpc) is 3.14. The lowest BCUT2D eigenvalue weighted by atomic mass is 10.1. The number of hydrogen-bond donors (Lipinski definition) is 1. The maximum absolute atomic E-state index is 12.3. The van der Waals surface area contributed by atoms with E-state index < -0.39 is 0 Å². The van der Waals surface area contributed by atoms with Crippen molar-refractivity contribution >= 4 is 23.3 Å². The van der Waals surface area contributed by atoms with Crippen LogP contribution >= 0.6 is 0 Å². The number of nitrogens with zero attached hydrogens (tertiary/aromatic N) is 2. The first-order chi connectivity index (χ1) is 11.6. The summed E-state index contributed by atoms with van der Waals surface area (Å²) in [6.45, 7) is 4.28. The smallest absolute Gasteiger partial charge is 0.231 e. The van der Waals surface area contributed by atoms with Gasteiger partial charge in [-0.2, -0.15) is 0 Å². The number of aryl methyl sites for hydroxylation is 2. The van der Waals surface area contributed by atoms with Gasteiger partial charge in [-0.05, 0) is 31.0 Å². The molecule has 3 rings (SSSR count). The molecular formula is C18H21N3O3. The predicted molar refractivity (Wildman–Crippen MR) is 90.8 cm³/mol. The van der Waals surface area contributed by atoms with Gasteiger partial charge in [-0.1, -0.05) is 30.6 Å². The molecule has 1 N–H and O–H groups in total. The molecule has 24 heavy (non-hydrogen) atoms. The van der Waals surface area contributed by atoms with Gasteiger partial charge in [0.2, 0.25) is 11.8 Å². The van der Waals surface area contributed by atoms with E-state index in [1.54, 1.807) is 17.9 Å². The highest BCUT2D eigenvalue weighted by Crippen LogP contribution is 2.26. The molecule has 0 saturated carbocycles. The quantitative estimate of drug-likeness (QED) is 0.916. The van der Waals surface area contributed by atoms with Crippen molar-refractivity contribution < 1.29 is 14.1 Å². The number of carbonyl (C=O) groups excluding carboxylic acids is 2. The van der Waals surface area contributed by atoms with E-state index in [4.69, 9.17) is 4.52 Å². The topological polar surface area (TPSA) is 75.4 Å². The van der Waals surface area contributed by atoms with Crippen LogP contribution in [0.1, 0.15) is 31.1 Å². The number of benzene rings is 1. The minimum Gasteiger partial charge on any atom is -0.360 e. The van der Waals surface area contributed by atoms with Gasteiger partial charge >= 0.3 is 0 Å². The summed E-state index contributed by atoms with van der Waals surface area (Å²) >= 11 is 0. The molecule has 1 aromatic heterocycles. The molecule has 6 heteroatoms. The van der Waals surface area contributed by atoms with E-state index in [0.29, 0.717) is 18.1 Å². The first kappa shape index (κ1) is 16.2. The summed E-state index contributed by atoms with van der Waals surface area (Å²) in [6, 6.07) is 9.63. The second kappa shape index (κ2) is 6.86. The predicted octanol–water partition coefficient (Wildman–Crippen LogP) is 2.93. The van der Waals surface area contributed by atoms with E-state index in [1.165, 1.54) is 5.56 Å². The molecule has 2 aromatic rings. The van der Waals surface area contributed by atoms with Gasteiger partial charge in [-0.3, -0.25) is 9.59 Å². The Morgan fingerprint density at radius 2 is 2.12 bits per heavy atom. The zero-order chi connectivity index (χ0) is 17.1. The van der Waals surface area contributed by atoms with Crippen molar-refractivity contribution in [3.63, 3.8) is 0 Å². The third-order valence-corrected chi connectivity index (χ3v) is 4.16. The SMILES string of the molecule is CCCc1ccc(N2CC(C(=O)Nc3cc(C)on3)CC2=O)cc1. The highest BCUT2D eigenvalue weighted by Gasteiger charge is 2.35. The van der Waals surface area contributed by atoms with Crippen LogP contribution in [0, 0.1) is 12.8 Å². The van der Waals surface area contributed by atoms with E-state index in [-0.39, 0.29) is 24.2 Å². The summed E-state index contributed by atoms with van der Waals surface area (Å²) in [7, 11) is 0. The second-order valence-electron chi connectivity index (χ2n) is 6.13. The minimum absolute atomic E-state index is 0.0327. The lowest BCUT2D eigenvalue weighted by Gasteiger charge is -2.17. The summed E-state index contributed by atoms with van der Waals surface area (Å²) in [5, 5.41) is 6.45. The highest BCUT2D eigenvalue weighted by molar-refractivity contribution is 6.03. The van der Waals surface area contributed by atoms with E-state index in [0.717, 1.165) is 18.5 Å². The Hall–Kier alpha value is -2.63. The van der Waals surface area contributed by atoms with Crippen molar-refractivity contribution in [1.29, 1.82) is 0 Å². The van der Waals surface area contributed by atoms with Crippen LogP contribution < -0.4 is 10.2 Å². The zero-order valence-electron chi connectivity index (χ0n) is 13.9. The highest BCUT2D eigenvalue weighted by atomic mass is 16.5. The van der Waals surface area contributed by atoms with Crippen molar-refractivity contribution in [2.45, 2.75) is 33.1 Å². The van der Waals surface area contributed by atoms with Crippen molar-refractivity contribution in [2.75, 3.05) is 16.8 Å². The normalized spacial score (nSPS) is 17.3. The van der Waals surface area contributed by atoms with Crippen LogP contribution in [0.2, 0.25) is 0 Å². The number of rotatable bonds is 5. The molecule has 0 radical (unpaired) electrons. The van der Waals surface area contributed by atoms with E-state index in [2.05, 4.69) is 17.4 Å². The van der Waals surface area contributed by atoms with Crippen molar-refractivity contribution in [2.24, 2.45) is 5.92 Å². The molecule has 2 heterocycles. The lowest BCUT2D eigenvalue weighted by Crippen LogP contribution is -2.28. The van der Waals surface area contributed by atoms with Gasteiger partial charge in [0, 0.05) is 24.7 Å². The van der Waals surface area contributed by atoms with Crippen LogP contribution in [0.5, 0.6) is 0 Å². The molecule has 126 valence electrons. The molecular weight excluding hydrogens is 306 g/mol. The van der Waals surface area contributed by atoms with Crippen molar-refractivity contribution in [3.8, 4) is 0 Å². The van der Waals surface area contributed by atoms with Gasteiger partial charge in [0.25, 0.3) is 0 Å². The summed E-state index contributed by atoms with van der Waals surface area (Å²) < 4.78 is 4.93. The van der Waals surface area contributed by atoms with Gasteiger partial charge in [-0.25, -0.2) is 0 Å². The van der Waals surface area contributed by atoms with Crippen LogP contribution in [-0.4, -0.2) is 23.5 Å². The molecule has 2 amide bonds. The molecule has 6 nitrogen and oxygen atoms in total. The van der Waals surface area contributed by atoms with Gasteiger partial charge in [0.05, 0.1) is 5.92 Å². The third-order valence-electron chi connectivity index (χ3n) is 4.16. The number of aromatic nitrogens is 1. The summed E-state index contributed by atoms with van der Waals surface area (Å²) in [5.41, 5.74) is 2.09. The molecule has 1 aromatic carbocycles. The second-order valence-corrected chi connectivity index (χ2v) is 6.13. The van der Waals surface area contributed by atoms with Gasteiger partial charge in [0.15, 0.2) is 5.82 Å². The Morgan fingerprint density at radius 3 is 2.75 bits per heavy atom. The number of carbonyl (C=O) groups is 2. The van der Waals surface area contributed by atoms with E-state index >= 15 is 0 Å². The maximum atomic E-state index is 12.3. The van der Waals surface area contributed by atoms with Gasteiger partial charge in [-0.15, -0.1) is 0 Å². The zero-order valence-corrected chi connectivity index (χ0v) is 13.9. The fourth-order valence-corrected chi connectivity index (χ4v) is 2.92. The van der Waals surface area contributed by atoms with Crippen molar-refractivity contribution in [1.82, 2.24) is 5.16 Å². The Morgan fingerprint density at radius 1 is 1.38 bits per heavy atom. The Kier molecular flexibility index (Phi) is 4.64. The number of anilines is 2. The van der Waals surface area contributed by atoms with Gasteiger partial charge < -0.3 is 14.7 Å². The third kappa shape index (κ3) is 3.48. The first-order valence-corrected chi connectivity index (χ1v) is 8.20. The standard InChI is InChI=1S/C18H21N3O3/c1-3-4-13-5-7-15(8-6-13)21-11-14(10-17(21)22)18(23)19-16-9-12(2)24-20-16/h5-9,14H,3-4,10-11H2,1-2H3,(H,19,20,23). The molecule has 1 atom stereocenters. The molecule has 0 spiro atoms. The summed E-state index contributed by atoms with van der Waals surface area (Å²) in [4.78, 5) is 26.3. The molecule has 1 unspecified atom stereocenters. The Balaban J connectivity index is 1.65. The number of nitrogens with one attached hydrogen (secondary N) is 1. The molecule has 1 aliphatic heterocycles. The van der Waals surface area contributed by atoms with Crippen molar-refractivity contribution in [3.05, 3.63) is 41.7 Å². The average molecular weight is 327 g/mol. The van der Waals surface area contributed by atoms with E-state index in [9.17, 15) is 9.59 Å². The summed E-state index contributed by atoms with van der Waals surface area (Å²) in [5.74, 6) is 0.384. The molecule has 0 aliphatic carbocycles. The Bertz CT molecular complexity index is 736. The largest absolute Gasteiger partial charge is 0.360 e. The van der Waals surface area contributed by atoms with Crippen LogP contribution in [0.15, 0.2) is 34.9 Å². The van der Waals surface area contributed by atoms with E-state index in [1.807, 2.05) is 24.3 Å². The van der Waals surface area contributed by atoms with Gasteiger partial charge in [0.1, 0.15) is 5.76 Å². The monoisotopic (exact) mass is 327 g/mol. The Labute approximate surface area is 140 Å². The first-order valence-electron chi connectivity index (χ1n) is 8.20. The maximum Gasteiger partial charge on any atom is 0.231 e. The van der Waals surface area contributed by atoms with Crippen LogP contribution in [0.25, 0.3) is 0 Å². The molecule has 1 fully saturated rings. The van der Waals surface area contributed by atoms with Crippen LogP contribution in [0.4, 0.5) is 11.5 Å². The number of hydrogen-bond acceptors (Lipinski definition) is 4. The minimum atomic E-state index is -0.384. The lowest BCUT2D eigenvalue weighted by molar-refractivity contribution is -0.122. The molecule has 1 aliphatic rings. The summed E-state index contributed by atoms with van der Waals surface area (Å²) in [6.07, 6.45) is 2.32. The fourth-order valence-electron chi connectivity index (χ4n) is 2.92. The fraction of sp³-hybridized carbons (Fsp3) is 0.389. The number of amides is 2. The van der Waals surface area contributed by atoms with Crippen LogP contribution in [0.3, 0.4) is 0 Å².